The van der Waals surface area contributed by atoms with E-state index in [0.717, 1.165) is 11.3 Å². The van der Waals surface area contributed by atoms with E-state index in [9.17, 15) is 9.18 Å². The minimum absolute atomic E-state index is 0.287. The van der Waals surface area contributed by atoms with Crippen LogP contribution in [0.4, 0.5) is 4.39 Å². The summed E-state index contributed by atoms with van der Waals surface area (Å²) in [5.74, 6) is -0.767. The first-order valence-electron chi connectivity index (χ1n) is 6.95. The Bertz CT molecular complexity index is 830. The molecule has 0 unspecified atom stereocenters. The molecule has 3 rings (SSSR count). The Kier molecular flexibility index (Phi) is 4.39. The van der Waals surface area contributed by atoms with Gasteiger partial charge >= 0.3 is 0 Å². The van der Waals surface area contributed by atoms with Crippen LogP contribution in [0, 0.1) is 5.82 Å². The molecular weight excluding hydrogens is 317 g/mol. The molecule has 0 saturated carbocycles. The van der Waals surface area contributed by atoms with Gasteiger partial charge in [-0.05, 0) is 42.5 Å². The summed E-state index contributed by atoms with van der Waals surface area (Å²) in [6.45, 7) is 0.308. The Morgan fingerprint density at radius 1 is 1.22 bits per heavy atom. The van der Waals surface area contributed by atoms with Crippen molar-refractivity contribution in [1.29, 1.82) is 0 Å². The Labute approximate surface area is 137 Å². The number of hydrogen-bond donors (Lipinski definition) is 1. The molecule has 0 saturated heterocycles. The number of nitrogens with zero attached hydrogens (tertiary/aromatic N) is 2. The maximum absolute atomic E-state index is 13.1. The minimum atomic E-state index is -0.437. The Balaban J connectivity index is 1.65. The Morgan fingerprint density at radius 3 is 2.74 bits per heavy atom. The lowest BCUT2D eigenvalue weighted by atomic mass is 10.2. The summed E-state index contributed by atoms with van der Waals surface area (Å²) >= 11 is 5.85. The first kappa shape index (κ1) is 15.2. The number of hydrogen-bond acceptors (Lipinski definition) is 2. The fraction of sp³-hybridized carbons (Fsp3) is 0.0588. The predicted octanol–water partition coefficient (Wildman–Crippen LogP) is 3.59. The number of carbonyl (C=O) groups excluding carboxylic acids is 1. The van der Waals surface area contributed by atoms with Crippen LogP contribution in [-0.2, 0) is 6.54 Å². The van der Waals surface area contributed by atoms with Crippen LogP contribution in [0.2, 0.25) is 5.02 Å². The van der Waals surface area contributed by atoms with Crippen molar-refractivity contribution in [1.82, 2.24) is 15.1 Å². The molecular formula is C17H13ClFN3O. The second-order valence-electron chi connectivity index (χ2n) is 4.96. The lowest BCUT2D eigenvalue weighted by molar-refractivity contribution is 0.0950. The summed E-state index contributed by atoms with van der Waals surface area (Å²) in [5, 5.41) is 7.64. The topological polar surface area (TPSA) is 46.9 Å². The van der Waals surface area contributed by atoms with E-state index in [-0.39, 0.29) is 11.5 Å². The van der Waals surface area contributed by atoms with Crippen LogP contribution in [0.1, 0.15) is 15.9 Å². The van der Waals surface area contributed by atoms with Gasteiger partial charge in [0.2, 0.25) is 0 Å². The Hall–Kier alpha value is -2.66. The van der Waals surface area contributed by atoms with Crippen molar-refractivity contribution in [2.75, 3.05) is 0 Å². The van der Waals surface area contributed by atoms with Gasteiger partial charge in [-0.25, -0.2) is 9.07 Å². The molecule has 3 aromatic rings. The standard InChI is InChI=1S/C17H13ClFN3O/c18-14-4-6-16(7-5-14)22-11-12(10-21-22)9-20-17(23)13-2-1-3-15(19)8-13/h1-8,10-11H,9H2,(H,20,23). The van der Waals surface area contributed by atoms with E-state index < -0.39 is 5.82 Å². The van der Waals surface area contributed by atoms with Crippen molar-refractivity contribution < 1.29 is 9.18 Å². The van der Waals surface area contributed by atoms with Gasteiger partial charge in [-0.15, -0.1) is 0 Å². The molecule has 2 aromatic carbocycles. The van der Waals surface area contributed by atoms with E-state index in [1.165, 1.54) is 18.2 Å². The molecule has 0 spiro atoms. The highest BCUT2D eigenvalue weighted by Crippen LogP contribution is 2.13. The molecule has 6 heteroatoms. The van der Waals surface area contributed by atoms with Gasteiger partial charge in [0.15, 0.2) is 0 Å². The zero-order valence-corrected chi connectivity index (χ0v) is 12.8. The maximum Gasteiger partial charge on any atom is 0.251 e. The van der Waals surface area contributed by atoms with Gasteiger partial charge in [-0.1, -0.05) is 17.7 Å². The van der Waals surface area contributed by atoms with Gasteiger partial charge in [0.05, 0.1) is 11.9 Å². The van der Waals surface area contributed by atoms with Crippen LogP contribution in [0.15, 0.2) is 60.9 Å². The number of benzene rings is 2. The van der Waals surface area contributed by atoms with Crippen LogP contribution >= 0.6 is 11.6 Å². The van der Waals surface area contributed by atoms with E-state index in [0.29, 0.717) is 11.6 Å². The normalized spacial score (nSPS) is 10.5. The van der Waals surface area contributed by atoms with E-state index in [1.54, 1.807) is 29.1 Å². The summed E-state index contributed by atoms with van der Waals surface area (Å²) < 4.78 is 14.8. The number of carbonyl (C=O) groups is 1. The van der Waals surface area contributed by atoms with Gasteiger partial charge in [-0.3, -0.25) is 4.79 Å². The summed E-state index contributed by atoms with van der Waals surface area (Å²) in [6.07, 6.45) is 3.48. The highest BCUT2D eigenvalue weighted by Gasteiger charge is 2.07. The first-order chi connectivity index (χ1) is 11.1. The largest absolute Gasteiger partial charge is 0.348 e. The molecule has 4 nitrogen and oxygen atoms in total. The average molecular weight is 330 g/mol. The lowest BCUT2D eigenvalue weighted by Crippen LogP contribution is -2.22. The maximum atomic E-state index is 13.1. The van der Waals surface area contributed by atoms with Gasteiger partial charge in [0, 0.05) is 28.9 Å². The number of amides is 1. The molecule has 116 valence electrons. The molecule has 0 aliphatic carbocycles. The molecule has 0 aliphatic rings. The lowest BCUT2D eigenvalue weighted by Gasteiger charge is -2.04. The zero-order valence-electron chi connectivity index (χ0n) is 12.0. The molecule has 1 aromatic heterocycles. The van der Waals surface area contributed by atoms with Crippen LogP contribution in [0.5, 0.6) is 0 Å². The Morgan fingerprint density at radius 2 is 2.00 bits per heavy atom. The molecule has 0 fully saturated rings. The summed E-state index contributed by atoms with van der Waals surface area (Å²) in [4.78, 5) is 12.0. The van der Waals surface area contributed by atoms with Gasteiger partial charge < -0.3 is 5.32 Å². The third-order valence-electron chi connectivity index (χ3n) is 3.27. The van der Waals surface area contributed by atoms with Crippen LogP contribution < -0.4 is 5.32 Å². The van der Waals surface area contributed by atoms with Crippen molar-refractivity contribution in [3.63, 3.8) is 0 Å². The monoisotopic (exact) mass is 329 g/mol. The summed E-state index contributed by atoms with van der Waals surface area (Å²) in [6, 6.07) is 12.8. The number of nitrogens with one attached hydrogen (secondary N) is 1. The molecule has 0 atom stereocenters. The molecule has 0 bridgehead atoms. The number of aromatic nitrogens is 2. The van der Waals surface area contributed by atoms with E-state index >= 15 is 0 Å². The van der Waals surface area contributed by atoms with Crippen LogP contribution in [0.25, 0.3) is 5.69 Å². The second kappa shape index (κ2) is 6.62. The molecule has 0 radical (unpaired) electrons. The van der Waals surface area contributed by atoms with E-state index in [4.69, 9.17) is 11.6 Å². The highest BCUT2D eigenvalue weighted by molar-refractivity contribution is 6.30. The highest BCUT2D eigenvalue weighted by atomic mass is 35.5. The predicted molar refractivity (Wildman–Crippen MR) is 86.1 cm³/mol. The minimum Gasteiger partial charge on any atom is -0.348 e. The number of halogens is 2. The average Bonchev–Trinajstić information content (AvgIpc) is 3.02. The fourth-order valence-corrected chi connectivity index (χ4v) is 2.23. The van der Waals surface area contributed by atoms with Crippen LogP contribution in [-0.4, -0.2) is 15.7 Å². The van der Waals surface area contributed by atoms with E-state index in [2.05, 4.69) is 10.4 Å². The zero-order chi connectivity index (χ0) is 16.2. The summed E-state index contributed by atoms with van der Waals surface area (Å²) in [7, 11) is 0. The van der Waals surface area contributed by atoms with Crippen molar-refractivity contribution >= 4 is 17.5 Å². The van der Waals surface area contributed by atoms with Crippen molar-refractivity contribution in [2.45, 2.75) is 6.54 Å². The fourth-order valence-electron chi connectivity index (χ4n) is 2.10. The van der Waals surface area contributed by atoms with Gasteiger partial charge in [0.25, 0.3) is 5.91 Å². The third-order valence-corrected chi connectivity index (χ3v) is 3.52. The second-order valence-corrected chi connectivity index (χ2v) is 5.40. The van der Waals surface area contributed by atoms with Crippen LogP contribution in [0.3, 0.4) is 0 Å². The first-order valence-corrected chi connectivity index (χ1v) is 7.33. The molecule has 0 aliphatic heterocycles. The SMILES string of the molecule is O=C(NCc1cnn(-c2ccc(Cl)cc2)c1)c1cccc(F)c1. The molecule has 23 heavy (non-hydrogen) atoms. The van der Waals surface area contributed by atoms with Crippen molar-refractivity contribution in [3.05, 3.63) is 82.9 Å². The van der Waals surface area contributed by atoms with Gasteiger partial charge in [0.1, 0.15) is 5.82 Å². The number of rotatable bonds is 4. The van der Waals surface area contributed by atoms with Crippen molar-refractivity contribution in [2.24, 2.45) is 0 Å². The molecule has 1 heterocycles. The quantitative estimate of drug-likeness (QED) is 0.795. The smallest absolute Gasteiger partial charge is 0.251 e. The van der Waals surface area contributed by atoms with Crippen molar-refractivity contribution in [3.8, 4) is 5.69 Å². The third kappa shape index (κ3) is 3.76. The molecule has 1 amide bonds. The van der Waals surface area contributed by atoms with E-state index in [1.807, 2.05) is 18.3 Å². The van der Waals surface area contributed by atoms with Gasteiger partial charge in [-0.2, -0.15) is 5.10 Å². The summed E-state index contributed by atoms with van der Waals surface area (Å²) in [5.41, 5.74) is 2.00. The molecule has 1 N–H and O–H groups in total.